The van der Waals surface area contributed by atoms with E-state index in [4.69, 9.17) is 29.2 Å². The van der Waals surface area contributed by atoms with E-state index in [0.717, 1.165) is 5.52 Å². The topological polar surface area (TPSA) is 93.3 Å². The maximum absolute atomic E-state index is 13.8. The summed E-state index contributed by atoms with van der Waals surface area (Å²) in [6.45, 7) is 5.52. The molecule has 0 atom stereocenters. The van der Waals surface area contributed by atoms with Gasteiger partial charge in [-0.05, 0) is 44.5 Å². The fourth-order valence-electron chi connectivity index (χ4n) is 4.36. The van der Waals surface area contributed by atoms with E-state index in [1.54, 1.807) is 24.9 Å². The molecule has 3 aromatic heterocycles. The second kappa shape index (κ2) is 9.34. The highest BCUT2D eigenvalue weighted by molar-refractivity contribution is 6.06. The molecule has 0 aliphatic carbocycles. The number of methoxy groups -OCH3 is 2. The molecule has 180 valence electrons. The number of benzene rings is 2. The molecule has 0 spiro atoms. The zero-order valence-electron chi connectivity index (χ0n) is 20.2. The van der Waals surface area contributed by atoms with E-state index in [2.05, 4.69) is 0 Å². The van der Waals surface area contributed by atoms with Crippen molar-refractivity contribution in [3.8, 4) is 17.2 Å². The Kier molecular flexibility index (Phi) is 6.08. The van der Waals surface area contributed by atoms with Crippen molar-refractivity contribution in [2.45, 2.75) is 26.8 Å². The van der Waals surface area contributed by atoms with E-state index in [1.165, 1.54) is 0 Å². The van der Waals surface area contributed by atoms with Gasteiger partial charge >= 0.3 is 0 Å². The molecule has 0 aliphatic rings. The van der Waals surface area contributed by atoms with Gasteiger partial charge in [-0.3, -0.25) is 13.9 Å². The van der Waals surface area contributed by atoms with Gasteiger partial charge in [0.1, 0.15) is 28.2 Å². The molecule has 9 nitrogen and oxygen atoms in total. The van der Waals surface area contributed by atoms with E-state index in [9.17, 15) is 4.79 Å². The smallest absolute Gasteiger partial charge is 0.265 e. The molecule has 0 fully saturated rings. The Morgan fingerprint density at radius 2 is 1.71 bits per heavy atom. The number of hydrogen-bond donors (Lipinski definition) is 0. The summed E-state index contributed by atoms with van der Waals surface area (Å²) in [6.07, 6.45) is 0.710. The molecule has 0 unspecified atom stereocenters. The summed E-state index contributed by atoms with van der Waals surface area (Å²) in [5.41, 5.74) is 3.52. The van der Waals surface area contributed by atoms with Crippen molar-refractivity contribution in [3.05, 3.63) is 58.6 Å². The van der Waals surface area contributed by atoms with Crippen molar-refractivity contribution in [1.82, 2.24) is 24.1 Å². The molecule has 0 bridgehead atoms. The molecule has 5 aromatic rings. The Hall–Kier alpha value is -3.98. The minimum Gasteiger partial charge on any atom is -0.497 e. The summed E-state index contributed by atoms with van der Waals surface area (Å²) in [5.74, 6) is 1.84. The fourth-order valence-corrected chi connectivity index (χ4v) is 4.36. The van der Waals surface area contributed by atoms with Crippen molar-refractivity contribution in [1.29, 1.82) is 0 Å². The number of rotatable bonds is 8. The van der Waals surface area contributed by atoms with Gasteiger partial charge < -0.3 is 14.2 Å². The highest BCUT2D eigenvalue weighted by Crippen LogP contribution is 2.34. The van der Waals surface area contributed by atoms with Crippen LogP contribution in [0.3, 0.4) is 0 Å². The first-order valence-electron chi connectivity index (χ1n) is 11.6. The molecule has 35 heavy (non-hydrogen) atoms. The monoisotopic (exact) mass is 473 g/mol. The van der Waals surface area contributed by atoms with E-state index in [1.807, 2.05) is 54.8 Å². The lowest BCUT2D eigenvalue weighted by molar-refractivity contribution is 0.141. The van der Waals surface area contributed by atoms with Gasteiger partial charge in [-0.1, -0.05) is 12.1 Å². The zero-order chi connectivity index (χ0) is 24.5. The Balaban J connectivity index is 1.85. The van der Waals surface area contributed by atoms with Crippen molar-refractivity contribution >= 4 is 33.2 Å². The van der Waals surface area contributed by atoms with Crippen LogP contribution in [-0.2, 0) is 11.3 Å². The average Bonchev–Trinajstić information content (AvgIpc) is 3.18. The first-order valence-corrected chi connectivity index (χ1v) is 11.6. The van der Waals surface area contributed by atoms with E-state index >= 15 is 0 Å². The molecule has 5 rings (SSSR count). The standard InChI is InChI=1S/C26H27N5O4/c1-5-35-14-8-13-30-16(2)27-24-22(26(30)32)23-25(29-19-10-7-6-9-18(19)28-23)31(24)20-12-11-17(33-3)15-21(20)34-4/h6-7,9-12,15H,5,8,13-14H2,1-4H3. The summed E-state index contributed by atoms with van der Waals surface area (Å²) in [4.78, 5) is 28.4. The van der Waals surface area contributed by atoms with Crippen LogP contribution in [0.2, 0.25) is 0 Å². The molecular formula is C26H27N5O4. The Morgan fingerprint density at radius 3 is 2.43 bits per heavy atom. The number of aryl methyl sites for hydroxylation is 1. The van der Waals surface area contributed by atoms with Gasteiger partial charge in [0, 0.05) is 25.8 Å². The molecule has 0 amide bonds. The largest absolute Gasteiger partial charge is 0.497 e. The minimum atomic E-state index is -0.148. The first-order chi connectivity index (χ1) is 17.1. The van der Waals surface area contributed by atoms with Crippen molar-refractivity contribution in [2.75, 3.05) is 27.4 Å². The lowest BCUT2D eigenvalue weighted by Crippen LogP contribution is -2.24. The third-order valence-electron chi connectivity index (χ3n) is 6.06. The molecule has 3 heterocycles. The quantitative estimate of drug-likeness (QED) is 0.314. The molecule has 2 aromatic carbocycles. The van der Waals surface area contributed by atoms with Crippen LogP contribution in [0.15, 0.2) is 47.3 Å². The number of fused-ring (bicyclic) bond motifs is 4. The molecule has 0 radical (unpaired) electrons. The lowest BCUT2D eigenvalue weighted by atomic mass is 10.2. The van der Waals surface area contributed by atoms with Crippen molar-refractivity contribution < 1.29 is 14.2 Å². The SMILES string of the molecule is CCOCCCn1c(C)nc2c(c1=O)c1nc3ccccc3nc1n2-c1ccc(OC)cc1OC. The second-order valence-electron chi connectivity index (χ2n) is 8.12. The van der Waals surface area contributed by atoms with Gasteiger partial charge in [-0.15, -0.1) is 0 Å². The number of ether oxygens (including phenoxy) is 3. The van der Waals surface area contributed by atoms with E-state index in [-0.39, 0.29) is 5.56 Å². The molecule has 0 saturated carbocycles. The highest BCUT2D eigenvalue weighted by Gasteiger charge is 2.24. The van der Waals surface area contributed by atoms with Gasteiger partial charge in [0.25, 0.3) is 5.56 Å². The fraction of sp³-hybridized carbons (Fsp3) is 0.308. The number of nitrogens with zero attached hydrogens (tertiary/aromatic N) is 5. The molecule has 9 heteroatoms. The average molecular weight is 474 g/mol. The summed E-state index contributed by atoms with van der Waals surface area (Å²) in [6, 6.07) is 13.1. The summed E-state index contributed by atoms with van der Waals surface area (Å²) in [5, 5.41) is 0.429. The van der Waals surface area contributed by atoms with Crippen LogP contribution in [0.4, 0.5) is 0 Å². The van der Waals surface area contributed by atoms with Crippen molar-refractivity contribution in [2.24, 2.45) is 0 Å². The van der Waals surface area contributed by atoms with Crippen LogP contribution >= 0.6 is 0 Å². The summed E-state index contributed by atoms with van der Waals surface area (Å²) < 4.78 is 20.1. The van der Waals surface area contributed by atoms with Crippen LogP contribution < -0.4 is 15.0 Å². The maximum atomic E-state index is 13.8. The van der Waals surface area contributed by atoms with Crippen molar-refractivity contribution in [3.63, 3.8) is 0 Å². The first kappa shape index (κ1) is 22.8. The normalized spacial score (nSPS) is 11.5. The van der Waals surface area contributed by atoms with Crippen LogP contribution in [0.5, 0.6) is 11.5 Å². The molecule has 0 saturated heterocycles. The third-order valence-corrected chi connectivity index (χ3v) is 6.06. The predicted octanol–water partition coefficient (Wildman–Crippen LogP) is 4.04. The van der Waals surface area contributed by atoms with Crippen LogP contribution in [0.1, 0.15) is 19.2 Å². The third kappa shape index (κ3) is 3.87. The van der Waals surface area contributed by atoms with Crippen LogP contribution in [0, 0.1) is 6.92 Å². The molecule has 0 N–H and O–H groups in total. The Bertz CT molecular complexity index is 1610. The van der Waals surface area contributed by atoms with Gasteiger partial charge in [-0.25, -0.2) is 15.0 Å². The van der Waals surface area contributed by atoms with Crippen LogP contribution in [0.25, 0.3) is 38.9 Å². The van der Waals surface area contributed by atoms with Gasteiger partial charge in [0.2, 0.25) is 0 Å². The number of aromatic nitrogens is 5. The van der Waals surface area contributed by atoms with E-state index in [0.29, 0.717) is 76.9 Å². The summed E-state index contributed by atoms with van der Waals surface area (Å²) >= 11 is 0. The van der Waals surface area contributed by atoms with Gasteiger partial charge in [0.15, 0.2) is 11.3 Å². The summed E-state index contributed by atoms with van der Waals surface area (Å²) in [7, 11) is 3.20. The minimum absolute atomic E-state index is 0.148. The Morgan fingerprint density at radius 1 is 0.943 bits per heavy atom. The van der Waals surface area contributed by atoms with E-state index < -0.39 is 0 Å². The maximum Gasteiger partial charge on any atom is 0.265 e. The Labute approximate surface area is 201 Å². The lowest BCUT2D eigenvalue weighted by Gasteiger charge is -2.14. The molecule has 0 aliphatic heterocycles. The van der Waals surface area contributed by atoms with Gasteiger partial charge in [0.05, 0.1) is 30.9 Å². The second-order valence-corrected chi connectivity index (χ2v) is 8.12. The zero-order valence-corrected chi connectivity index (χ0v) is 20.2. The highest BCUT2D eigenvalue weighted by atomic mass is 16.5. The molecular weight excluding hydrogens is 446 g/mol. The van der Waals surface area contributed by atoms with Crippen LogP contribution in [-0.4, -0.2) is 51.5 Å². The van der Waals surface area contributed by atoms with Gasteiger partial charge in [-0.2, -0.15) is 0 Å². The number of hydrogen-bond acceptors (Lipinski definition) is 7. The predicted molar refractivity (Wildman–Crippen MR) is 135 cm³/mol. The number of para-hydroxylation sites is 2.